The Hall–Kier alpha value is -1.85. The van der Waals surface area contributed by atoms with Gasteiger partial charge in [-0.3, -0.25) is 9.59 Å². The molecule has 110 valence electrons. The van der Waals surface area contributed by atoms with Gasteiger partial charge in [-0.05, 0) is 33.6 Å². The predicted octanol–water partition coefficient (Wildman–Crippen LogP) is 1.30. The zero-order valence-electron chi connectivity index (χ0n) is 12.2. The van der Waals surface area contributed by atoms with Crippen LogP contribution >= 0.6 is 0 Å². The van der Waals surface area contributed by atoms with Crippen molar-refractivity contribution >= 4 is 11.8 Å². The molecule has 1 aromatic rings. The second-order valence-electron chi connectivity index (χ2n) is 6.22. The first-order chi connectivity index (χ1) is 9.30. The third-order valence-electron chi connectivity index (χ3n) is 3.62. The van der Waals surface area contributed by atoms with Gasteiger partial charge < -0.3 is 14.6 Å². The molecule has 1 atom stereocenters. The summed E-state index contributed by atoms with van der Waals surface area (Å²) in [5.74, 6) is -0.872. The van der Waals surface area contributed by atoms with Crippen molar-refractivity contribution < 1.29 is 9.90 Å². The Labute approximate surface area is 118 Å². The lowest BCUT2D eigenvalue weighted by Crippen LogP contribution is -2.44. The Kier molecular flexibility index (Phi) is 3.83. The molecule has 6 nitrogen and oxygen atoms in total. The second kappa shape index (κ2) is 5.26. The first kappa shape index (κ1) is 14.6. The maximum atomic E-state index is 12.5. The average molecular weight is 279 g/mol. The van der Waals surface area contributed by atoms with Crippen LogP contribution in [-0.2, 0) is 10.3 Å². The molecule has 2 rings (SSSR count). The van der Waals surface area contributed by atoms with Crippen LogP contribution in [-0.4, -0.2) is 33.7 Å². The van der Waals surface area contributed by atoms with Crippen LogP contribution in [0.25, 0.3) is 0 Å². The van der Waals surface area contributed by atoms with Gasteiger partial charge in [0.15, 0.2) is 5.82 Å². The van der Waals surface area contributed by atoms with E-state index < -0.39 is 11.9 Å². The lowest BCUT2D eigenvalue weighted by molar-refractivity contribution is -0.141. The molecule has 0 aromatic carbocycles. The summed E-state index contributed by atoms with van der Waals surface area (Å²) in [4.78, 5) is 29.6. The van der Waals surface area contributed by atoms with Gasteiger partial charge in [-0.15, -0.1) is 0 Å². The lowest BCUT2D eigenvalue weighted by Gasteiger charge is -2.32. The quantitative estimate of drug-likeness (QED) is 0.883. The summed E-state index contributed by atoms with van der Waals surface area (Å²) in [6, 6.07) is 0. The van der Waals surface area contributed by atoms with Crippen LogP contribution in [0, 0.1) is 5.92 Å². The summed E-state index contributed by atoms with van der Waals surface area (Å²) in [7, 11) is 0. The van der Waals surface area contributed by atoms with Crippen molar-refractivity contribution in [2.75, 3.05) is 18.0 Å². The van der Waals surface area contributed by atoms with Crippen molar-refractivity contribution in [3.05, 3.63) is 22.7 Å². The molecule has 6 heteroatoms. The van der Waals surface area contributed by atoms with Gasteiger partial charge in [-0.1, -0.05) is 0 Å². The third kappa shape index (κ3) is 2.84. The molecule has 0 radical (unpaired) electrons. The van der Waals surface area contributed by atoms with Gasteiger partial charge in [-0.25, -0.2) is 4.98 Å². The number of piperidine rings is 1. The van der Waals surface area contributed by atoms with E-state index in [0.29, 0.717) is 25.3 Å². The second-order valence-corrected chi connectivity index (χ2v) is 6.22. The minimum absolute atomic E-state index is 0.161. The number of hydrogen-bond acceptors (Lipinski definition) is 4. The molecule has 1 aromatic heterocycles. The number of aromatic nitrogens is 2. The van der Waals surface area contributed by atoms with E-state index in [9.17, 15) is 9.59 Å². The highest BCUT2D eigenvalue weighted by Gasteiger charge is 2.28. The molecule has 1 aliphatic rings. The third-order valence-corrected chi connectivity index (χ3v) is 3.62. The summed E-state index contributed by atoms with van der Waals surface area (Å²) >= 11 is 0. The topological polar surface area (TPSA) is 75.4 Å². The van der Waals surface area contributed by atoms with Crippen molar-refractivity contribution in [1.29, 1.82) is 0 Å². The minimum Gasteiger partial charge on any atom is -0.481 e. The molecule has 1 aliphatic heterocycles. The monoisotopic (exact) mass is 279 g/mol. The molecule has 1 unspecified atom stereocenters. The fourth-order valence-corrected chi connectivity index (χ4v) is 2.52. The zero-order chi connectivity index (χ0) is 14.9. The highest BCUT2D eigenvalue weighted by atomic mass is 16.4. The van der Waals surface area contributed by atoms with Crippen LogP contribution in [0.2, 0.25) is 0 Å². The van der Waals surface area contributed by atoms with Gasteiger partial charge in [0.1, 0.15) is 0 Å². The van der Waals surface area contributed by atoms with Crippen molar-refractivity contribution in [3.8, 4) is 0 Å². The van der Waals surface area contributed by atoms with Crippen LogP contribution < -0.4 is 10.5 Å². The number of carbonyl (C=O) groups is 1. The van der Waals surface area contributed by atoms with Crippen LogP contribution in [0.5, 0.6) is 0 Å². The highest BCUT2D eigenvalue weighted by molar-refractivity contribution is 5.71. The molecule has 0 saturated carbocycles. The smallest absolute Gasteiger partial charge is 0.308 e. The normalized spacial score (nSPS) is 19.9. The standard InChI is InChI=1S/C14H21N3O3/c1-14(2,3)17-8-6-15-11(12(17)18)16-7-4-5-10(9-16)13(19)20/h6,8,10H,4-5,7,9H2,1-3H3,(H,19,20). The number of anilines is 1. The van der Waals surface area contributed by atoms with E-state index in [0.717, 1.165) is 6.42 Å². The largest absolute Gasteiger partial charge is 0.481 e. The minimum atomic E-state index is -0.804. The number of hydrogen-bond donors (Lipinski definition) is 1. The molecule has 1 fully saturated rings. The molecule has 2 heterocycles. The maximum absolute atomic E-state index is 12.5. The molecule has 20 heavy (non-hydrogen) atoms. The Bertz CT molecular complexity index is 560. The van der Waals surface area contributed by atoms with E-state index >= 15 is 0 Å². The summed E-state index contributed by atoms with van der Waals surface area (Å²) in [6.45, 7) is 6.89. The van der Waals surface area contributed by atoms with Crippen molar-refractivity contribution in [2.45, 2.75) is 39.2 Å². The molecule has 1 saturated heterocycles. The van der Waals surface area contributed by atoms with Crippen LogP contribution in [0.3, 0.4) is 0 Å². The van der Waals surface area contributed by atoms with Gasteiger partial charge in [0.05, 0.1) is 5.92 Å². The molecule has 0 amide bonds. The van der Waals surface area contributed by atoms with E-state index in [1.165, 1.54) is 0 Å². The number of rotatable bonds is 2. The van der Waals surface area contributed by atoms with Crippen molar-refractivity contribution in [2.24, 2.45) is 5.92 Å². The lowest BCUT2D eigenvalue weighted by atomic mass is 9.98. The Morgan fingerprint density at radius 1 is 1.45 bits per heavy atom. The van der Waals surface area contributed by atoms with Gasteiger partial charge in [0.2, 0.25) is 0 Å². The van der Waals surface area contributed by atoms with Gasteiger partial charge in [0, 0.05) is 31.0 Å². The van der Waals surface area contributed by atoms with E-state index in [1.807, 2.05) is 20.8 Å². The number of nitrogens with zero attached hydrogens (tertiary/aromatic N) is 3. The Morgan fingerprint density at radius 3 is 2.75 bits per heavy atom. The van der Waals surface area contributed by atoms with E-state index in [2.05, 4.69) is 4.98 Å². The highest BCUT2D eigenvalue weighted by Crippen LogP contribution is 2.20. The van der Waals surface area contributed by atoms with Gasteiger partial charge in [0.25, 0.3) is 5.56 Å². The zero-order valence-corrected chi connectivity index (χ0v) is 12.2. The molecule has 0 bridgehead atoms. The summed E-state index contributed by atoms with van der Waals surface area (Å²) in [5.41, 5.74) is -0.484. The van der Waals surface area contributed by atoms with Crippen LogP contribution in [0.15, 0.2) is 17.2 Å². The first-order valence-corrected chi connectivity index (χ1v) is 6.86. The average Bonchev–Trinajstić information content (AvgIpc) is 2.37. The number of carboxylic acids is 1. The number of aliphatic carboxylic acids is 1. The maximum Gasteiger partial charge on any atom is 0.308 e. The molecular weight excluding hydrogens is 258 g/mol. The molecular formula is C14H21N3O3. The number of carboxylic acid groups (broad SMARTS) is 1. The van der Waals surface area contributed by atoms with Crippen LogP contribution in [0.4, 0.5) is 5.82 Å². The van der Waals surface area contributed by atoms with Crippen molar-refractivity contribution in [1.82, 2.24) is 9.55 Å². The van der Waals surface area contributed by atoms with E-state index in [4.69, 9.17) is 5.11 Å². The molecule has 0 aliphatic carbocycles. The first-order valence-electron chi connectivity index (χ1n) is 6.86. The molecule has 1 N–H and O–H groups in total. The SMILES string of the molecule is CC(C)(C)n1ccnc(N2CCCC(C(=O)O)C2)c1=O. The molecule has 0 spiro atoms. The Morgan fingerprint density at radius 2 is 2.15 bits per heavy atom. The van der Waals surface area contributed by atoms with Gasteiger partial charge in [-0.2, -0.15) is 0 Å². The summed E-state index contributed by atoms with van der Waals surface area (Å²) in [6.07, 6.45) is 4.70. The van der Waals surface area contributed by atoms with E-state index in [1.54, 1.807) is 21.9 Å². The van der Waals surface area contributed by atoms with Gasteiger partial charge >= 0.3 is 5.97 Å². The van der Waals surface area contributed by atoms with E-state index in [-0.39, 0.29) is 11.1 Å². The van der Waals surface area contributed by atoms with Crippen LogP contribution in [0.1, 0.15) is 33.6 Å². The Balaban J connectivity index is 2.34. The fraction of sp³-hybridized carbons (Fsp3) is 0.643. The predicted molar refractivity (Wildman–Crippen MR) is 76.1 cm³/mol. The summed E-state index contributed by atoms with van der Waals surface area (Å²) in [5, 5.41) is 9.13. The fourth-order valence-electron chi connectivity index (χ4n) is 2.52. The summed E-state index contributed by atoms with van der Waals surface area (Å²) < 4.78 is 1.64. The van der Waals surface area contributed by atoms with Crippen molar-refractivity contribution in [3.63, 3.8) is 0 Å².